The van der Waals surface area contributed by atoms with E-state index >= 15 is 0 Å². The molecule has 22 heavy (non-hydrogen) atoms. The van der Waals surface area contributed by atoms with Crippen molar-refractivity contribution in [1.29, 1.82) is 0 Å². The second-order valence-corrected chi connectivity index (χ2v) is 8.53. The number of carbonyl (C=O) groups is 1. The van der Waals surface area contributed by atoms with Crippen molar-refractivity contribution < 1.29 is 17.9 Å². The zero-order chi connectivity index (χ0) is 16.5. The first-order valence-electron chi connectivity index (χ1n) is 6.80. The Balaban J connectivity index is 2.13. The highest BCUT2D eigenvalue weighted by Crippen LogP contribution is 2.23. The molecule has 0 unspecified atom stereocenters. The van der Waals surface area contributed by atoms with Crippen LogP contribution in [0.3, 0.4) is 0 Å². The molecular weight excluding hydrogens is 326 g/mol. The third kappa shape index (κ3) is 4.24. The minimum atomic E-state index is -3.59. The van der Waals surface area contributed by atoms with Gasteiger partial charge in [0.1, 0.15) is 10.6 Å². The van der Waals surface area contributed by atoms with Crippen molar-refractivity contribution in [3.63, 3.8) is 0 Å². The van der Waals surface area contributed by atoms with E-state index in [0.29, 0.717) is 15.9 Å². The molecule has 0 aliphatic rings. The number of esters is 1. The van der Waals surface area contributed by atoms with Gasteiger partial charge in [-0.2, -0.15) is 0 Å². The van der Waals surface area contributed by atoms with E-state index in [9.17, 15) is 13.2 Å². The molecule has 0 saturated heterocycles. The Labute approximate surface area is 134 Å². The Kier molecular flexibility index (Phi) is 4.54. The van der Waals surface area contributed by atoms with E-state index in [1.165, 1.54) is 6.07 Å². The van der Waals surface area contributed by atoms with Gasteiger partial charge in [0, 0.05) is 15.9 Å². The number of hydrogen-bond acceptors (Lipinski definition) is 4. The fraction of sp³-hybridized carbons (Fsp3) is 0.400. The molecule has 1 aromatic carbocycles. The standard InChI is InChI=1S/C15H18ClNO4S/c1-15(2,3)21-14(18)6-7-22(19,20)13-9-10-8-11(16)4-5-12(10)17-13/h4-5,8-9,17H,6-7H2,1-3H3. The fourth-order valence-corrected chi connectivity index (χ4v) is 3.37. The molecule has 1 aromatic heterocycles. The second kappa shape index (κ2) is 5.93. The summed E-state index contributed by atoms with van der Waals surface area (Å²) in [6.45, 7) is 5.21. The molecule has 0 aliphatic carbocycles. The van der Waals surface area contributed by atoms with Crippen molar-refractivity contribution in [2.45, 2.75) is 37.8 Å². The molecule has 0 amide bonds. The highest BCUT2D eigenvalue weighted by molar-refractivity contribution is 7.91. The summed E-state index contributed by atoms with van der Waals surface area (Å²) in [7, 11) is -3.59. The molecule has 0 saturated carbocycles. The lowest BCUT2D eigenvalue weighted by Crippen LogP contribution is -2.25. The molecule has 120 valence electrons. The quantitative estimate of drug-likeness (QED) is 0.864. The minimum absolute atomic E-state index is 0.0772. The minimum Gasteiger partial charge on any atom is -0.460 e. The van der Waals surface area contributed by atoms with E-state index in [0.717, 1.165) is 0 Å². The molecule has 0 bridgehead atoms. The van der Waals surface area contributed by atoms with Crippen LogP contribution in [-0.4, -0.2) is 30.7 Å². The third-order valence-electron chi connectivity index (χ3n) is 2.89. The van der Waals surface area contributed by atoms with Gasteiger partial charge >= 0.3 is 5.97 Å². The first kappa shape index (κ1) is 16.8. The van der Waals surface area contributed by atoms with E-state index in [1.807, 2.05) is 0 Å². The SMILES string of the molecule is CC(C)(C)OC(=O)CCS(=O)(=O)c1cc2cc(Cl)ccc2[nH]1. The number of sulfone groups is 1. The van der Waals surface area contributed by atoms with Gasteiger partial charge in [-0.25, -0.2) is 8.42 Å². The Bertz CT molecular complexity index is 803. The molecule has 2 rings (SSSR count). The molecule has 0 spiro atoms. The van der Waals surface area contributed by atoms with Crippen molar-refractivity contribution in [3.05, 3.63) is 29.3 Å². The van der Waals surface area contributed by atoms with Crippen LogP contribution in [0.15, 0.2) is 29.3 Å². The van der Waals surface area contributed by atoms with Gasteiger partial charge in [-0.3, -0.25) is 4.79 Å². The highest BCUT2D eigenvalue weighted by atomic mass is 35.5. The molecular formula is C15H18ClNO4S. The highest BCUT2D eigenvalue weighted by Gasteiger charge is 2.22. The summed E-state index contributed by atoms with van der Waals surface area (Å²) < 4.78 is 29.7. The lowest BCUT2D eigenvalue weighted by Gasteiger charge is -2.19. The van der Waals surface area contributed by atoms with E-state index in [-0.39, 0.29) is 17.2 Å². The number of fused-ring (bicyclic) bond motifs is 1. The number of H-pyrrole nitrogens is 1. The summed E-state index contributed by atoms with van der Waals surface area (Å²) >= 11 is 5.88. The topological polar surface area (TPSA) is 76.2 Å². The summed E-state index contributed by atoms with van der Waals surface area (Å²) in [6.07, 6.45) is -0.185. The Morgan fingerprint density at radius 1 is 1.27 bits per heavy atom. The van der Waals surface area contributed by atoms with Crippen LogP contribution in [0.4, 0.5) is 0 Å². The van der Waals surface area contributed by atoms with Gasteiger partial charge < -0.3 is 9.72 Å². The van der Waals surface area contributed by atoms with Gasteiger partial charge in [-0.1, -0.05) is 11.6 Å². The molecule has 0 atom stereocenters. The van der Waals surface area contributed by atoms with Crippen LogP contribution in [-0.2, 0) is 19.4 Å². The number of rotatable bonds is 4. The maximum Gasteiger partial charge on any atom is 0.307 e. The molecule has 0 fully saturated rings. The van der Waals surface area contributed by atoms with Crippen molar-refractivity contribution in [2.24, 2.45) is 0 Å². The van der Waals surface area contributed by atoms with Crippen LogP contribution in [0.25, 0.3) is 10.9 Å². The number of carbonyl (C=O) groups excluding carboxylic acids is 1. The number of aromatic amines is 1. The summed E-state index contributed by atoms with van der Waals surface area (Å²) in [4.78, 5) is 14.5. The largest absolute Gasteiger partial charge is 0.460 e. The molecule has 7 heteroatoms. The summed E-state index contributed by atoms with van der Waals surface area (Å²) in [6, 6.07) is 6.59. The van der Waals surface area contributed by atoms with Gasteiger partial charge in [-0.15, -0.1) is 0 Å². The van der Waals surface area contributed by atoms with Crippen LogP contribution < -0.4 is 0 Å². The molecule has 0 aliphatic heterocycles. The van der Waals surface area contributed by atoms with Crippen LogP contribution >= 0.6 is 11.6 Å². The molecule has 1 heterocycles. The lowest BCUT2D eigenvalue weighted by atomic mass is 10.2. The third-order valence-corrected chi connectivity index (χ3v) is 4.75. The fourth-order valence-electron chi connectivity index (χ4n) is 1.96. The van der Waals surface area contributed by atoms with E-state index < -0.39 is 21.4 Å². The van der Waals surface area contributed by atoms with Gasteiger partial charge in [0.2, 0.25) is 0 Å². The summed E-state index contributed by atoms with van der Waals surface area (Å²) in [5.41, 5.74) is 0.0545. The van der Waals surface area contributed by atoms with Crippen molar-refractivity contribution in [3.8, 4) is 0 Å². The molecule has 2 aromatic rings. The van der Waals surface area contributed by atoms with Crippen molar-refractivity contribution in [1.82, 2.24) is 4.98 Å². The van der Waals surface area contributed by atoms with Crippen LogP contribution in [0.1, 0.15) is 27.2 Å². The maximum atomic E-state index is 12.3. The predicted molar refractivity (Wildman–Crippen MR) is 85.8 cm³/mol. The Morgan fingerprint density at radius 3 is 2.59 bits per heavy atom. The van der Waals surface area contributed by atoms with Crippen molar-refractivity contribution in [2.75, 3.05) is 5.75 Å². The van der Waals surface area contributed by atoms with Crippen LogP contribution in [0.5, 0.6) is 0 Å². The number of benzene rings is 1. The maximum absolute atomic E-state index is 12.3. The zero-order valence-corrected chi connectivity index (χ0v) is 14.2. The number of nitrogens with one attached hydrogen (secondary N) is 1. The molecule has 5 nitrogen and oxygen atoms in total. The van der Waals surface area contributed by atoms with Gasteiger partial charge in [0.25, 0.3) is 0 Å². The zero-order valence-electron chi connectivity index (χ0n) is 12.6. The van der Waals surface area contributed by atoms with E-state index in [4.69, 9.17) is 16.3 Å². The average molecular weight is 344 g/mol. The van der Waals surface area contributed by atoms with E-state index in [1.54, 1.807) is 39.0 Å². The lowest BCUT2D eigenvalue weighted by molar-refractivity contribution is -0.154. The Hall–Kier alpha value is -1.53. The average Bonchev–Trinajstić information content (AvgIpc) is 2.78. The van der Waals surface area contributed by atoms with E-state index in [2.05, 4.69) is 4.98 Å². The smallest absolute Gasteiger partial charge is 0.307 e. The monoisotopic (exact) mass is 343 g/mol. The molecule has 1 N–H and O–H groups in total. The number of halogens is 1. The first-order chi connectivity index (χ1) is 10.1. The Morgan fingerprint density at radius 2 is 1.95 bits per heavy atom. The normalized spacial score (nSPS) is 12.5. The van der Waals surface area contributed by atoms with Crippen molar-refractivity contribution >= 4 is 38.3 Å². The number of hydrogen-bond donors (Lipinski definition) is 1. The van der Waals surface area contributed by atoms with Crippen LogP contribution in [0, 0.1) is 0 Å². The predicted octanol–water partition coefficient (Wildman–Crippen LogP) is 3.33. The van der Waals surface area contributed by atoms with Gasteiger partial charge in [0.05, 0.1) is 12.2 Å². The number of ether oxygens (including phenoxy) is 1. The van der Waals surface area contributed by atoms with Gasteiger partial charge in [0.15, 0.2) is 9.84 Å². The first-order valence-corrected chi connectivity index (χ1v) is 8.83. The summed E-state index contributed by atoms with van der Waals surface area (Å²) in [5.74, 6) is -0.835. The van der Waals surface area contributed by atoms with Gasteiger partial charge in [-0.05, 0) is 45.0 Å². The second-order valence-electron chi connectivity index (χ2n) is 6.02. The van der Waals surface area contributed by atoms with Crippen LogP contribution in [0.2, 0.25) is 5.02 Å². The summed E-state index contributed by atoms with van der Waals surface area (Å²) in [5, 5.41) is 1.32. The number of aromatic nitrogens is 1. The molecule has 0 radical (unpaired) electrons.